The molecule has 194 valence electrons. The molecule has 0 atom stereocenters. The molecule has 1 aliphatic carbocycles. The van der Waals surface area contributed by atoms with Gasteiger partial charge in [-0.3, -0.25) is 9.55 Å². The third-order valence-corrected chi connectivity index (χ3v) is 7.22. The second-order valence-electron chi connectivity index (χ2n) is 10.0. The second-order valence-corrected chi connectivity index (χ2v) is 10.0. The summed E-state index contributed by atoms with van der Waals surface area (Å²) in [5, 5.41) is 3.53. The van der Waals surface area contributed by atoms with Gasteiger partial charge in [-0.15, -0.1) is 0 Å². The number of pyridine rings is 3. The van der Waals surface area contributed by atoms with E-state index in [0.29, 0.717) is 40.4 Å². The summed E-state index contributed by atoms with van der Waals surface area (Å²) >= 11 is 0. The highest BCUT2D eigenvalue weighted by Crippen LogP contribution is 2.29. The number of rotatable bonds is 8. The largest absolute Gasteiger partial charge is 0.383 e. The zero-order chi connectivity index (χ0) is 26.1. The van der Waals surface area contributed by atoms with Gasteiger partial charge < -0.3 is 16.0 Å². The van der Waals surface area contributed by atoms with E-state index >= 15 is 4.39 Å². The number of halogens is 1. The lowest BCUT2D eigenvalue weighted by Gasteiger charge is -2.12. The van der Waals surface area contributed by atoms with Crippen LogP contribution >= 0.6 is 0 Å². The standard InChI is InChI=1S/C28H30FN9/c1-17-15-38(16-35-17)28-26-23(6-7-33-28)36-24(37-26)9-21-25(29)22(14-34-27(21)30)20-8-19(12-32-13-20)11-31-10-18-4-2-3-5-18/h6-8,12-16,18,31H,2-5,9-11H2,1H3,(H2,30,34)(H,36,37). The van der Waals surface area contributed by atoms with Crippen LogP contribution in [-0.4, -0.2) is 41.0 Å². The van der Waals surface area contributed by atoms with Crippen molar-refractivity contribution in [3.8, 4) is 16.9 Å². The van der Waals surface area contributed by atoms with Crippen molar-refractivity contribution >= 4 is 16.9 Å². The Bertz CT molecular complexity index is 1580. The van der Waals surface area contributed by atoms with Crippen molar-refractivity contribution in [3.63, 3.8) is 0 Å². The van der Waals surface area contributed by atoms with Crippen molar-refractivity contribution in [1.82, 2.24) is 39.8 Å². The molecule has 10 heteroatoms. The van der Waals surface area contributed by atoms with Crippen LogP contribution in [0.5, 0.6) is 0 Å². The molecule has 0 aromatic carbocycles. The first-order chi connectivity index (χ1) is 18.5. The number of aryl methyl sites for hydroxylation is 1. The maximum atomic E-state index is 15.9. The van der Waals surface area contributed by atoms with Gasteiger partial charge in [0.25, 0.3) is 0 Å². The molecule has 0 unspecified atom stereocenters. The molecule has 0 aliphatic heterocycles. The van der Waals surface area contributed by atoms with Crippen LogP contribution in [-0.2, 0) is 13.0 Å². The van der Waals surface area contributed by atoms with Crippen LogP contribution < -0.4 is 11.1 Å². The van der Waals surface area contributed by atoms with E-state index in [0.717, 1.165) is 29.2 Å². The van der Waals surface area contributed by atoms with Crippen molar-refractivity contribution in [2.45, 2.75) is 45.6 Å². The van der Waals surface area contributed by atoms with E-state index in [9.17, 15) is 0 Å². The van der Waals surface area contributed by atoms with Crippen LogP contribution in [0.4, 0.5) is 10.2 Å². The van der Waals surface area contributed by atoms with Gasteiger partial charge in [0, 0.05) is 60.6 Å². The highest BCUT2D eigenvalue weighted by molar-refractivity contribution is 5.82. The molecule has 9 nitrogen and oxygen atoms in total. The number of fused-ring (bicyclic) bond motifs is 1. The average Bonchev–Trinajstić information content (AvgIpc) is 3.68. The lowest BCUT2D eigenvalue weighted by Crippen LogP contribution is -2.20. The zero-order valence-electron chi connectivity index (χ0n) is 21.3. The number of aromatic amines is 1. The fourth-order valence-electron chi connectivity index (χ4n) is 5.23. The maximum Gasteiger partial charge on any atom is 0.166 e. The summed E-state index contributed by atoms with van der Waals surface area (Å²) in [6.07, 6.45) is 15.6. The number of nitrogens with zero attached hydrogens (tertiary/aromatic N) is 6. The van der Waals surface area contributed by atoms with E-state index in [2.05, 4.69) is 30.2 Å². The number of hydrogen-bond acceptors (Lipinski definition) is 7. The van der Waals surface area contributed by atoms with Gasteiger partial charge >= 0.3 is 0 Å². The number of nitrogens with two attached hydrogens (primary N) is 1. The third-order valence-electron chi connectivity index (χ3n) is 7.22. The Hall–Kier alpha value is -4.18. The first-order valence-electron chi connectivity index (χ1n) is 13.0. The second kappa shape index (κ2) is 10.3. The van der Waals surface area contributed by atoms with Crippen molar-refractivity contribution in [1.29, 1.82) is 0 Å². The Balaban J connectivity index is 1.26. The zero-order valence-corrected chi connectivity index (χ0v) is 21.3. The summed E-state index contributed by atoms with van der Waals surface area (Å²) in [6, 6.07) is 3.80. The van der Waals surface area contributed by atoms with E-state index in [-0.39, 0.29) is 12.2 Å². The summed E-state index contributed by atoms with van der Waals surface area (Å²) in [6.45, 7) is 3.61. The van der Waals surface area contributed by atoms with Gasteiger partial charge in [-0.25, -0.2) is 24.3 Å². The van der Waals surface area contributed by atoms with Crippen LogP contribution in [0.1, 0.15) is 48.3 Å². The van der Waals surface area contributed by atoms with Crippen LogP contribution in [0.25, 0.3) is 28.0 Å². The van der Waals surface area contributed by atoms with Gasteiger partial charge in [0.05, 0.1) is 11.2 Å². The molecule has 0 spiro atoms. The molecule has 4 N–H and O–H groups in total. The summed E-state index contributed by atoms with van der Waals surface area (Å²) in [5.41, 5.74) is 10.8. The van der Waals surface area contributed by atoms with Gasteiger partial charge in [-0.05, 0) is 49.9 Å². The highest BCUT2D eigenvalue weighted by atomic mass is 19.1. The quantitative estimate of drug-likeness (QED) is 0.280. The SMILES string of the molecule is Cc1cn(-c2nccc3[nH]c(Cc4c(N)ncc(-c5cncc(CNCC6CCCC6)c5)c4F)nc23)cn1. The molecule has 1 aliphatic rings. The number of imidazole rings is 2. The Labute approximate surface area is 219 Å². The van der Waals surface area contributed by atoms with Crippen LogP contribution in [0.2, 0.25) is 0 Å². The Morgan fingerprint density at radius 3 is 2.84 bits per heavy atom. The fraction of sp³-hybridized carbons (Fsp3) is 0.321. The fourth-order valence-corrected chi connectivity index (χ4v) is 5.23. The predicted octanol–water partition coefficient (Wildman–Crippen LogP) is 4.50. The Morgan fingerprint density at radius 2 is 2.03 bits per heavy atom. The van der Waals surface area contributed by atoms with Crippen LogP contribution in [0.3, 0.4) is 0 Å². The normalized spacial score (nSPS) is 14.1. The number of anilines is 1. The first kappa shape index (κ1) is 24.2. The number of nitrogen functional groups attached to an aromatic ring is 1. The number of aromatic nitrogens is 7. The molecular formula is C28H30FN9. The van der Waals surface area contributed by atoms with E-state index < -0.39 is 5.82 Å². The van der Waals surface area contributed by atoms with Crippen LogP contribution in [0.15, 0.2) is 49.4 Å². The topological polar surface area (TPSA) is 123 Å². The van der Waals surface area contributed by atoms with E-state index in [1.54, 1.807) is 18.7 Å². The minimum atomic E-state index is -0.417. The number of H-pyrrole nitrogens is 1. The van der Waals surface area contributed by atoms with Gasteiger partial charge in [0.2, 0.25) is 0 Å². The van der Waals surface area contributed by atoms with Crippen molar-refractivity contribution < 1.29 is 4.39 Å². The third kappa shape index (κ3) is 4.87. The summed E-state index contributed by atoms with van der Waals surface area (Å²) < 4.78 is 17.7. The van der Waals surface area contributed by atoms with E-state index in [1.807, 2.05) is 36.0 Å². The average molecular weight is 512 g/mol. The monoisotopic (exact) mass is 511 g/mol. The molecule has 6 rings (SSSR count). The highest BCUT2D eigenvalue weighted by Gasteiger charge is 2.19. The first-order valence-corrected chi connectivity index (χ1v) is 13.0. The summed E-state index contributed by atoms with van der Waals surface area (Å²) in [5.74, 6) is 1.69. The smallest absolute Gasteiger partial charge is 0.166 e. The minimum Gasteiger partial charge on any atom is -0.383 e. The molecule has 0 saturated heterocycles. The molecule has 1 fully saturated rings. The molecule has 5 heterocycles. The van der Waals surface area contributed by atoms with Gasteiger partial charge in [0.1, 0.15) is 29.3 Å². The Morgan fingerprint density at radius 1 is 1.16 bits per heavy atom. The lowest BCUT2D eigenvalue weighted by atomic mass is 10.0. The molecule has 0 amide bonds. The lowest BCUT2D eigenvalue weighted by molar-refractivity contribution is 0.489. The van der Waals surface area contributed by atoms with Crippen LogP contribution in [0, 0.1) is 18.7 Å². The van der Waals surface area contributed by atoms with Crippen molar-refractivity contribution in [2.24, 2.45) is 5.92 Å². The van der Waals surface area contributed by atoms with Gasteiger partial charge in [0.15, 0.2) is 5.82 Å². The minimum absolute atomic E-state index is 0.137. The molecule has 0 bridgehead atoms. The van der Waals surface area contributed by atoms with E-state index in [1.165, 1.54) is 31.9 Å². The molecule has 1 saturated carbocycles. The maximum absolute atomic E-state index is 15.9. The number of hydrogen-bond donors (Lipinski definition) is 3. The molecule has 38 heavy (non-hydrogen) atoms. The summed E-state index contributed by atoms with van der Waals surface area (Å²) in [7, 11) is 0. The number of nitrogens with one attached hydrogen (secondary N) is 2. The van der Waals surface area contributed by atoms with Crippen molar-refractivity contribution in [3.05, 3.63) is 77.9 Å². The van der Waals surface area contributed by atoms with Crippen molar-refractivity contribution in [2.75, 3.05) is 12.3 Å². The molecule has 5 aromatic rings. The van der Waals surface area contributed by atoms with Gasteiger partial charge in [-0.1, -0.05) is 12.8 Å². The Kier molecular flexibility index (Phi) is 6.55. The van der Waals surface area contributed by atoms with Gasteiger partial charge in [-0.2, -0.15) is 0 Å². The summed E-state index contributed by atoms with van der Waals surface area (Å²) in [4.78, 5) is 25.4. The molecule has 0 radical (unpaired) electrons. The molecular weight excluding hydrogens is 481 g/mol. The molecule has 5 aromatic heterocycles. The van der Waals surface area contributed by atoms with E-state index in [4.69, 9.17) is 10.7 Å². The predicted molar refractivity (Wildman–Crippen MR) is 144 cm³/mol.